The van der Waals surface area contributed by atoms with E-state index in [0.29, 0.717) is 0 Å². The predicted molar refractivity (Wildman–Crippen MR) is 90.6 cm³/mol. The van der Waals surface area contributed by atoms with Crippen molar-refractivity contribution in [2.24, 2.45) is 11.7 Å². The zero-order valence-electron chi connectivity index (χ0n) is 14.5. The maximum Gasteiger partial charge on any atom is 0.0353 e. The number of rotatable bonds is 6. The van der Waals surface area contributed by atoms with Crippen molar-refractivity contribution in [2.45, 2.75) is 44.6 Å². The Morgan fingerprint density at radius 3 is 2.29 bits per heavy atom. The molecule has 0 spiro atoms. The summed E-state index contributed by atoms with van der Waals surface area (Å²) in [4.78, 5) is 7.68. The smallest absolute Gasteiger partial charge is 0.0353 e. The SMILES string of the molecule is CCCN1CCC(CN)(N(C)CC2CCN(C)CC2)CC1. The van der Waals surface area contributed by atoms with Crippen LogP contribution in [-0.4, -0.2) is 80.1 Å². The molecule has 2 heterocycles. The molecule has 0 bridgehead atoms. The molecule has 124 valence electrons. The standard InChI is InChI=1S/C17H36N4/c1-4-9-21-12-7-17(15-18,8-13-21)20(3)14-16-5-10-19(2)11-6-16/h16H,4-15,18H2,1-3H3. The summed E-state index contributed by atoms with van der Waals surface area (Å²) < 4.78 is 0. The van der Waals surface area contributed by atoms with Gasteiger partial charge in [0.1, 0.15) is 0 Å². The third kappa shape index (κ3) is 4.41. The molecule has 0 aromatic carbocycles. The molecule has 4 heteroatoms. The van der Waals surface area contributed by atoms with E-state index in [9.17, 15) is 0 Å². The predicted octanol–water partition coefficient (Wildman–Crippen LogP) is 1.46. The van der Waals surface area contributed by atoms with Crippen molar-refractivity contribution in [1.82, 2.24) is 14.7 Å². The highest BCUT2D eigenvalue weighted by Crippen LogP contribution is 2.29. The van der Waals surface area contributed by atoms with Crippen molar-refractivity contribution < 1.29 is 0 Å². The molecule has 2 aliphatic heterocycles. The second-order valence-electron chi connectivity index (χ2n) is 7.40. The van der Waals surface area contributed by atoms with Gasteiger partial charge in [0.05, 0.1) is 0 Å². The number of nitrogens with zero attached hydrogens (tertiary/aromatic N) is 3. The van der Waals surface area contributed by atoms with E-state index < -0.39 is 0 Å². The first kappa shape index (κ1) is 17.2. The summed E-state index contributed by atoms with van der Waals surface area (Å²) in [7, 11) is 4.56. The van der Waals surface area contributed by atoms with E-state index >= 15 is 0 Å². The Hall–Kier alpha value is -0.160. The van der Waals surface area contributed by atoms with Gasteiger partial charge in [-0.3, -0.25) is 4.90 Å². The van der Waals surface area contributed by atoms with Gasteiger partial charge in [-0.05, 0) is 84.8 Å². The molecule has 2 N–H and O–H groups in total. The molecule has 0 aromatic heterocycles. The second kappa shape index (κ2) is 7.91. The summed E-state index contributed by atoms with van der Waals surface area (Å²) in [5.74, 6) is 0.864. The van der Waals surface area contributed by atoms with Gasteiger partial charge in [0.25, 0.3) is 0 Å². The number of likely N-dealkylation sites (tertiary alicyclic amines) is 2. The van der Waals surface area contributed by atoms with Gasteiger partial charge < -0.3 is 15.5 Å². The minimum atomic E-state index is 0.258. The van der Waals surface area contributed by atoms with E-state index in [1.54, 1.807) is 0 Å². The molecule has 2 rings (SSSR count). The van der Waals surface area contributed by atoms with Crippen LogP contribution in [-0.2, 0) is 0 Å². The van der Waals surface area contributed by atoms with Gasteiger partial charge in [-0.2, -0.15) is 0 Å². The average Bonchev–Trinajstić information content (AvgIpc) is 2.51. The first-order valence-corrected chi connectivity index (χ1v) is 8.92. The van der Waals surface area contributed by atoms with Crippen LogP contribution in [0.15, 0.2) is 0 Å². The summed E-state index contributed by atoms with van der Waals surface area (Å²) in [5.41, 5.74) is 6.47. The highest BCUT2D eigenvalue weighted by Gasteiger charge is 2.37. The highest BCUT2D eigenvalue weighted by atomic mass is 15.2. The molecular formula is C17H36N4. The molecule has 2 fully saturated rings. The van der Waals surface area contributed by atoms with Crippen molar-refractivity contribution in [3.05, 3.63) is 0 Å². The van der Waals surface area contributed by atoms with E-state index in [2.05, 4.69) is 35.7 Å². The maximum atomic E-state index is 6.22. The second-order valence-corrected chi connectivity index (χ2v) is 7.40. The van der Waals surface area contributed by atoms with Crippen LogP contribution >= 0.6 is 0 Å². The minimum Gasteiger partial charge on any atom is -0.329 e. The van der Waals surface area contributed by atoms with Crippen LogP contribution in [0.2, 0.25) is 0 Å². The van der Waals surface area contributed by atoms with Gasteiger partial charge in [-0.15, -0.1) is 0 Å². The molecule has 0 aliphatic carbocycles. The third-order valence-electron chi connectivity index (χ3n) is 5.89. The molecular weight excluding hydrogens is 260 g/mol. The molecule has 4 nitrogen and oxygen atoms in total. The Kier molecular flexibility index (Phi) is 6.48. The van der Waals surface area contributed by atoms with Crippen molar-refractivity contribution in [2.75, 3.05) is 59.9 Å². The monoisotopic (exact) mass is 296 g/mol. The molecule has 21 heavy (non-hydrogen) atoms. The summed E-state index contributed by atoms with van der Waals surface area (Å²) in [6.45, 7) is 10.5. The largest absolute Gasteiger partial charge is 0.329 e. The van der Waals surface area contributed by atoms with Crippen molar-refractivity contribution >= 4 is 0 Å². The number of nitrogens with two attached hydrogens (primary N) is 1. The molecule has 2 aliphatic rings. The van der Waals surface area contributed by atoms with Crippen molar-refractivity contribution in [1.29, 1.82) is 0 Å². The molecule has 0 unspecified atom stereocenters. The number of piperidine rings is 2. The zero-order chi connectivity index (χ0) is 15.3. The van der Waals surface area contributed by atoms with Crippen molar-refractivity contribution in [3.8, 4) is 0 Å². The Labute approximate surface area is 131 Å². The van der Waals surface area contributed by atoms with Crippen LogP contribution < -0.4 is 5.73 Å². The highest BCUT2D eigenvalue weighted by molar-refractivity contribution is 4.96. The van der Waals surface area contributed by atoms with Gasteiger partial charge in [0.2, 0.25) is 0 Å². The van der Waals surface area contributed by atoms with Gasteiger partial charge >= 0.3 is 0 Å². The molecule has 2 saturated heterocycles. The lowest BCUT2D eigenvalue weighted by Crippen LogP contribution is -2.59. The van der Waals surface area contributed by atoms with Gasteiger partial charge in [-0.25, -0.2) is 0 Å². The fraction of sp³-hybridized carbons (Fsp3) is 1.00. The fourth-order valence-electron chi connectivity index (χ4n) is 4.08. The number of hydrogen-bond donors (Lipinski definition) is 1. The van der Waals surface area contributed by atoms with Gasteiger partial charge in [0, 0.05) is 18.6 Å². The van der Waals surface area contributed by atoms with Crippen LogP contribution in [0.3, 0.4) is 0 Å². The normalized spacial score (nSPS) is 25.6. The molecule has 0 saturated carbocycles. The van der Waals surface area contributed by atoms with Crippen LogP contribution in [0.25, 0.3) is 0 Å². The summed E-state index contributed by atoms with van der Waals surface area (Å²) in [6.07, 6.45) is 6.45. The topological polar surface area (TPSA) is 35.7 Å². The van der Waals surface area contributed by atoms with Crippen molar-refractivity contribution in [3.63, 3.8) is 0 Å². The Bertz CT molecular complexity index is 291. The Balaban J connectivity index is 1.85. The van der Waals surface area contributed by atoms with Gasteiger partial charge in [-0.1, -0.05) is 6.92 Å². The zero-order valence-corrected chi connectivity index (χ0v) is 14.5. The van der Waals surface area contributed by atoms with Crippen LogP contribution in [0, 0.1) is 5.92 Å². The quantitative estimate of drug-likeness (QED) is 0.805. The molecule has 0 radical (unpaired) electrons. The van der Waals surface area contributed by atoms with E-state index in [1.165, 1.54) is 71.4 Å². The Morgan fingerprint density at radius 2 is 1.76 bits per heavy atom. The number of hydrogen-bond acceptors (Lipinski definition) is 4. The summed E-state index contributed by atoms with van der Waals surface area (Å²) >= 11 is 0. The lowest BCUT2D eigenvalue weighted by atomic mass is 9.84. The lowest BCUT2D eigenvalue weighted by molar-refractivity contribution is 0.0279. The van der Waals surface area contributed by atoms with E-state index in [-0.39, 0.29) is 5.54 Å². The van der Waals surface area contributed by atoms with E-state index in [4.69, 9.17) is 5.73 Å². The molecule has 0 atom stereocenters. The maximum absolute atomic E-state index is 6.22. The van der Waals surface area contributed by atoms with E-state index in [0.717, 1.165) is 12.5 Å². The Morgan fingerprint density at radius 1 is 1.14 bits per heavy atom. The first-order chi connectivity index (χ1) is 10.1. The summed E-state index contributed by atoms with van der Waals surface area (Å²) in [6, 6.07) is 0. The molecule has 0 aromatic rings. The average molecular weight is 297 g/mol. The summed E-state index contributed by atoms with van der Waals surface area (Å²) in [5, 5.41) is 0. The van der Waals surface area contributed by atoms with E-state index in [1.807, 2.05) is 0 Å². The number of likely N-dealkylation sites (N-methyl/N-ethyl adjacent to an activating group) is 1. The van der Waals surface area contributed by atoms with Crippen LogP contribution in [0.4, 0.5) is 0 Å². The first-order valence-electron chi connectivity index (χ1n) is 8.92. The van der Waals surface area contributed by atoms with Crippen LogP contribution in [0.5, 0.6) is 0 Å². The lowest BCUT2D eigenvalue weighted by Gasteiger charge is -2.48. The molecule has 0 amide bonds. The fourth-order valence-corrected chi connectivity index (χ4v) is 4.08. The third-order valence-corrected chi connectivity index (χ3v) is 5.89. The van der Waals surface area contributed by atoms with Gasteiger partial charge in [0.15, 0.2) is 0 Å². The van der Waals surface area contributed by atoms with Crippen LogP contribution in [0.1, 0.15) is 39.0 Å². The minimum absolute atomic E-state index is 0.258.